The highest BCUT2D eigenvalue weighted by atomic mass is 28.4. The molecule has 1 N–H and O–H groups in total. The van der Waals surface area contributed by atoms with Crippen LogP contribution in [0, 0.1) is 6.92 Å². The number of benzene rings is 3. The standard InChI is InChI=1S/C34H38N2O5Si/c1-25-23-36(33(38)35-32(25)37)31-22-29(39-21-20-26-14-8-5-9-15-26)30(41-31)24-40-42(34(2,3)4,27-16-10-6-11-17-27)28-18-12-7-13-19-28/h5-21,23,29-31H,22,24H2,1-4H3,(H,35,37,38)/t29?,30-,31-/m1/s1. The van der Waals surface area contributed by atoms with Crippen molar-refractivity contribution in [3.05, 3.63) is 135 Å². The van der Waals surface area contributed by atoms with Gasteiger partial charge in [0.15, 0.2) is 0 Å². The molecule has 1 aromatic heterocycles. The smallest absolute Gasteiger partial charge is 0.330 e. The maximum absolute atomic E-state index is 12.8. The van der Waals surface area contributed by atoms with Crippen molar-refractivity contribution in [1.82, 2.24) is 9.55 Å². The molecule has 3 atom stereocenters. The molecule has 5 rings (SSSR count). The normalized spacial score (nSPS) is 19.3. The summed E-state index contributed by atoms with van der Waals surface area (Å²) in [6.45, 7) is 8.64. The summed E-state index contributed by atoms with van der Waals surface area (Å²) in [5, 5.41) is 2.14. The van der Waals surface area contributed by atoms with Gasteiger partial charge in [-0.3, -0.25) is 14.3 Å². The number of nitrogens with zero attached hydrogens (tertiary/aromatic N) is 1. The molecule has 3 aromatic carbocycles. The molecule has 7 nitrogen and oxygen atoms in total. The van der Waals surface area contributed by atoms with E-state index in [2.05, 4.69) is 74.3 Å². The van der Waals surface area contributed by atoms with E-state index in [1.807, 2.05) is 48.5 Å². The van der Waals surface area contributed by atoms with E-state index in [1.165, 1.54) is 14.9 Å². The highest BCUT2D eigenvalue weighted by molar-refractivity contribution is 6.99. The minimum absolute atomic E-state index is 0.204. The molecule has 1 aliphatic rings. The first-order valence-corrected chi connectivity index (χ1v) is 16.2. The van der Waals surface area contributed by atoms with Crippen molar-refractivity contribution in [2.24, 2.45) is 0 Å². The zero-order valence-electron chi connectivity index (χ0n) is 24.5. The lowest BCUT2D eigenvalue weighted by Crippen LogP contribution is -2.67. The van der Waals surface area contributed by atoms with Crippen LogP contribution in [0.3, 0.4) is 0 Å². The molecule has 8 heteroatoms. The van der Waals surface area contributed by atoms with Crippen LogP contribution in [-0.2, 0) is 13.9 Å². The largest absolute Gasteiger partial charge is 0.495 e. The number of H-pyrrole nitrogens is 1. The Morgan fingerprint density at radius 2 is 1.50 bits per heavy atom. The molecule has 1 fully saturated rings. The number of nitrogens with one attached hydrogen (secondary N) is 1. The van der Waals surface area contributed by atoms with E-state index in [0.29, 0.717) is 12.0 Å². The predicted molar refractivity (Wildman–Crippen MR) is 169 cm³/mol. The number of aryl methyl sites for hydroxylation is 1. The Hall–Kier alpha value is -3.98. The molecule has 0 aliphatic carbocycles. The van der Waals surface area contributed by atoms with Gasteiger partial charge in [0.2, 0.25) is 0 Å². The third-order valence-electron chi connectivity index (χ3n) is 7.83. The summed E-state index contributed by atoms with van der Waals surface area (Å²) in [5.74, 6) is 0. The summed E-state index contributed by atoms with van der Waals surface area (Å²) >= 11 is 0. The van der Waals surface area contributed by atoms with Crippen LogP contribution in [0.1, 0.15) is 44.5 Å². The highest BCUT2D eigenvalue weighted by Gasteiger charge is 2.51. The third kappa shape index (κ3) is 6.11. The summed E-state index contributed by atoms with van der Waals surface area (Å²) in [7, 11) is -2.83. The van der Waals surface area contributed by atoms with Crippen LogP contribution in [-0.4, -0.2) is 36.7 Å². The van der Waals surface area contributed by atoms with Gasteiger partial charge < -0.3 is 13.9 Å². The van der Waals surface area contributed by atoms with E-state index >= 15 is 0 Å². The van der Waals surface area contributed by atoms with Crippen molar-refractivity contribution in [2.75, 3.05) is 6.61 Å². The quantitative estimate of drug-likeness (QED) is 0.227. The number of aromatic amines is 1. The van der Waals surface area contributed by atoms with Gasteiger partial charge in [-0.2, -0.15) is 0 Å². The molecule has 0 bridgehead atoms. The monoisotopic (exact) mass is 582 g/mol. The molecule has 2 heterocycles. The Kier molecular flexibility index (Phi) is 8.77. The lowest BCUT2D eigenvalue weighted by atomic mass is 10.2. The summed E-state index contributed by atoms with van der Waals surface area (Å²) < 4.78 is 21.4. The van der Waals surface area contributed by atoms with Gasteiger partial charge in [0.25, 0.3) is 13.9 Å². The van der Waals surface area contributed by atoms with Gasteiger partial charge in [-0.15, -0.1) is 0 Å². The zero-order chi connectivity index (χ0) is 29.7. The fourth-order valence-corrected chi connectivity index (χ4v) is 10.3. The molecule has 218 valence electrons. The van der Waals surface area contributed by atoms with Crippen LogP contribution in [0.5, 0.6) is 0 Å². The van der Waals surface area contributed by atoms with Gasteiger partial charge in [0, 0.05) is 18.2 Å². The van der Waals surface area contributed by atoms with Crippen LogP contribution in [0.2, 0.25) is 5.04 Å². The van der Waals surface area contributed by atoms with Crippen molar-refractivity contribution < 1.29 is 13.9 Å². The number of hydrogen-bond donors (Lipinski definition) is 1. The summed E-state index contributed by atoms with van der Waals surface area (Å²) in [5.41, 5.74) is 0.536. The molecule has 42 heavy (non-hydrogen) atoms. The van der Waals surface area contributed by atoms with E-state index in [9.17, 15) is 9.59 Å². The van der Waals surface area contributed by atoms with Gasteiger partial charge in [0.1, 0.15) is 18.4 Å². The molecule has 4 aromatic rings. The predicted octanol–water partition coefficient (Wildman–Crippen LogP) is 4.77. The first kappa shape index (κ1) is 29.5. The van der Waals surface area contributed by atoms with Crippen LogP contribution < -0.4 is 21.6 Å². The number of rotatable bonds is 9. The maximum atomic E-state index is 12.8. The van der Waals surface area contributed by atoms with E-state index in [1.54, 1.807) is 19.4 Å². The van der Waals surface area contributed by atoms with Crippen molar-refractivity contribution in [1.29, 1.82) is 0 Å². The zero-order valence-corrected chi connectivity index (χ0v) is 25.5. The lowest BCUT2D eigenvalue weighted by Gasteiger charge is -2.43. The van der Waals surface area contributed by atoms with Crippen LogP contribution in [0.4, 0.5) is 0 Å². The first-order valence-electron chi connectivity index (χ1n) is 14.3. The van der Waals surface area contributed by atoms with E-state index in [0.717, 1.165) is 5.56 Å². The molecular weight excluding hydrogens is 544 g/mol. The minimum Gasteiger partial charge on any atom is -0.495 e. The summed E-state index contributed by atoms with van der Waals surface area (Å²) in [6.07, 6.45) is 4.10. The van der Waals surface area contributed by atoms with Gasteiger partial charge >= 0.3 is 5.69 Å². The lowest BCUT2D eigenvalue weighted by molar-refractivity contribution is -0.0447. The van der Waals surface area contributed by atoms with Gasteiger partial charge in [-0.25, -0.2) is 4.79 Å². The summed E-state index contributed by atoms with van der Waals surface area (Å²) in [6, 6.07) is 30.8. The molecule has 0 spiro atoms. The van der Waals surface area contributed by atoms with Gasteiger partial charge in [0.05, 0.1) is 12.9 Å². The summed E-state index contributed by atoms with van der Waals surface area (Å²) in [4.78, 5) is 27.2. The molecule has 1 saturated heterocycles. The average molecular weight is 583 g/mol. The topological polar surface area (TPSA) is 82.6 Å². The van der Waals surface area contributed by atoms with E-state index in [-0.39, 0.29) is 17.7 Å². The second kappa shape index (κ2) is 12.5. The van der Waals surface area contributed by atoms with Crippen molar-refractivity contribution in [2.45, 2.75) is 57.6 Å². The molecular formula is C34H38N2O5Si. The second-order valence-electron chi connectivity index (χ2n) is 11.7. The molecule has 0 radical (unpaired) electrons. The Morgan fingerprint density at radius 1 is 0.929 bits per heavy atom. The Bertz CT molecular complexity index is 1570. The van der Waals surface area contributed by atoms with E-state index in [4.69, 9.17) is 13.9 Å². The van der Waals surface area contributed by atoms with Crippen molar-refractivity contribution in [3.63, 3.8) is 0 Å². The highest BCUT2D eigenvalue weighted by Crippen LogP contribution is 2.38. The fraction of sp³-hybridized carbons (Fsp3) is 0.294. The van der Waals surface area contributed by atoms with Crippen molar-refractivity contribution >= 4 is 24.8 Å². The van der Waals surface area contributed by atoms with Crippen LogP contribution in [0.15, 0.2) is 113 Å². The van der Waals surface area contributed by atoms with Gasteiger partial charge in [-0.1, -0.05) is 112 Å². The molecule has 0 amide bonds. The number of aromatic nitrogens is 2. The van der Waals surface area contributed by atoms with Crippen LogP contribution >= 0.6 is 0 Å². The minimum atomic E-state index is -2.83. The van der Waals surface area contributed by atoms with Crippen molar-refractivity contribution in [3.8, 4) is 0 Å². The number of hydrogen-bond acceptors (Lipinski definition) is 5. The van der Waals surface area contributed by atoms with Gasteiger partial charge in [-0.05, 0) is 34.0 Å². The molecule has 1 unspecified atom stereocenters. The average Bonchev–Trinajstić information content (AvgIpc) is 3.39. The van der Waals surface area contributed by atoms with E-state index < -0.39 is 31.9 Å². The molecule has 0 saturated carbocycles. The molecule has 1 aliphatic heterocycles. The SMILES string of the molecule is Cc1cn([C@H]2CC(OC=Cc3ccccc3)[C@@H](CO[Si](c3ccccc3)(c3ccccc3)C(C)(C)C)O2)c(=O)[nH]c1=O. The fourth-order valence-electron chi connectivity index (χ4n) is 5.72. The number of ether oxygens (including phenoxy) is 2. The Morgan fingerprint density at radius 3 is 2.07 bits per heavy atom. The van der Waals surface area contributed by atoms with Crippen LogP contribution in [0.25, 0.3) is 6.08 Å². The Balaban J connectivity index is 1.49. The second-order valence-corrected chi connectivity index (χ2v) is 16.0. The third-order valence-corrected chi connectivity index (χ3v) is 12.8. The Labute approximate surface area is 247 Å². The first-order chi connectivity index (χ1) is 20.2. The maximum Gasteiger partial charge on any atom is 0.330 e.